The highest BCUT2D eigenvalue weighted by atomic mass is 32.2. The van der Waals surface area contributed by atoms with Crippen LogP contribution in [0.5, 0.6) is 0 Å². The Balaban J connectivity index is 1.42. The maximum Gasteiger partial charge on any atom is 0.227 e. The van der Waals surface area contributed by atoms with Crippen molar-refractivity contribution in [3.05, 3.63) is 77.0 Å². The van der Waals surface area contributed by atoms with Gasteiger partial charge < -0.3 is 10.2 Å². The number of nitrogens with one attached hydrogen (secondary N) is 1. The Hall–Kier alpha value is -2.97. The minimum absolute atomic E-state index is 0.0280. The Kier molecular flexibility index (Phi) is 6.43. The van der Waals surface area contributed by atoms with Crippen molar-refractivity contribution in [3.63, 3.8) is 0 Å². The predicted molar refractivity (Wildman–Crippen MR) is 129 cm³/mol. The lowest BCUT2D eigenvalue weighted by Crippen LogP contribution is -2.49. The minimum Gasteiger partial charge on any atom is -0.340 e. The lowest BCUT2D eigenvalue weighted by molar-refractivity contribution is 0.382. The third-order valence-corrected chi connectivity index (χ3v) is 7.36. The van der Waals surface area contributed by atoms with Gasteiger partial charge in [0.25, 0.3) is 0 Å². The number of anilines is 3. The van der Waals surface area contributed by atoms with Crippen molar-refractivity contribution in [1.29, 1.82) is 0 Å². The molecule has 32 heavy (non-hydrogen) atoms. The van der Waals surface area contributed by atoms with Gasteiger partial charge in [-0.25, -0.2) is 13.4 Å². The number of rotatable bonds is 6. The van der Waals surface area contributed by atoms with Crippen molar-refractivity contribution in [3.8, 4) is 0 Å². The molecule has 0 radical (unpaired) electrons. The fourth-order valence-electron chi connectivity index (χ4n) is 3.81. The zero-order valence-corrected chi connectivity index (χ0v) is 19.6. The largest absolute Gasteiger partial charge is 0.340 e. The van der Waals surface area contributed by atoms with Crippen molar-refractivity contribution < 1.29 is 8.42 Å². The van der Waals surface area contributed by atoms with Crippen LogP contribution in [0.1, 0.15) is 22.4 Å². The van der Waals surface area contributed by atoms with Crippen LogP contribution in [-0.2, 0) is 15.8 Å². The Morgan fingerprint density at radius 2 is 1.59 bits per heavy atom. The first-order chi connectivity index (χ1) is 15.3. The molecule has 1 aliphatic rings. The molecule has 168 valence electrons. The lowest BCUT2D eigenvalue weighted by atomic mass is 10.2. The smallest absolute Gasteiger partial charge is 0.227 e. The second-order valence-electron chi connectivity index (χ2n) is 8.32. The van der Waals surface area contributed by atoms with Gasteiger partial charge >= 0.3 is 0 Å². The minimum atomic E-state index is -3.37. The highest BCUT2D eigenvalue weighted by Gasteiger charge is 2.28. The Labute approximate surface area is 190 Å². The topological polar surface area (TPSA) is 78.4 Å². The SMILES string of the molecule is Cc1ccc(Nc2cc(C)nc(N3CCN(S(=O)(=O)Cc4cccc(C)c4)CC3)n2)cc1. The molecule has 8 heteroatoms. The van der Waals surface area contributed by atoms with Crippen LogP contribution < -0.4 is 10.2 Å². The summed E-state index contributed by atoms with van der Waals surface area (Å²) >= 11 is 0. The number of piperazine rings is 1. The number of benzene rings is 2. The average molecular weight is 452 g/mol. The summed E-state index contributed by atoms with van der Waals surface area (Å²) in [5, 5.41) is 3.33. The quantitative estimate of drug-likeness (QED) is 0.614. The van der Waals surface area contributed by atoms with Crippen molar-refractivity contribution in [1.82, 2.24) is 14.3 Å². The first-order valence-electron chi connectivity index (χ1n) is 10.8. The monoisotopic (exact) mass is 451 g/mol. The Morgan fingerprint density at radius 1 is 0.875 bits per heavy atom. The zero-order valence-electron chi connectivity index (χ0n) is 18.7. The summed E-state index contributed by atoms with van der Waals surface area (Å²) in [4.78, 5) is 11.3. The first-order valence-corrected chi connectivity index (χ1v) is 12.4. The van der Waals surface area contributed by atoms with Gasteiger partial charge in [-0.1, -0.05) is 47.5 Å². The molecule has 1 saturated heterocycles. The van der Waals surface area contributed by atoms with E-state index in [4.69, 9.17) is 0 Å². The molecule has 3 aromatic rings. The van der Waals surface area contributed by atoms with Crippen LogP contribution in [-0.4, -0.2) is 48.9 Å². The molecule has 0 atom stereocenters. The number of nitrogens with zero attached hydrogens (tertiary/aromatic N) is 4. The molecule has 1 aliphatic heterocycles. The third kappa shape index (κ3) is 5.44. The molecule has 0 aliphatic carbocycles. The van der Waals surface area contributed by atoms with Crippen molar-refractivity contribution in [2.24, 2.45) is 0 Å². The fraction of sp³-hybridized carbons (Fsp3) is 0.333. The first kappa shape index (κ1) is 22.2. The summed E-state index contributed by atoms with van der Waals surface area (Å²) in [7, 11) is -3.37. The average Bonchev–Trinajstić information content (AvgIpc) is 2.75. The van der Waals surface area contributed by atoms with E-state index in [2.05, 4.69) is 22.2 Å². The van der Waals surface area contributed by atoms with E-state index in [-0.39, 0.29) is 5.75 Å². The van der Waals surface area contributed by atoms with Gasteiger partial charge in [-0.15, -0.1) is 0 Å². The summed E-state index contributed by atoms with van der Waals surface area (Å²) in [6.45, 7) is 7.92. The molecule has 1 fully saturated rings. The standard InChI is InChI=1S/C24H29N5O2S/c1-18-7-9-22(10-8-18)26-23-16-20(3)25-24(27-23)28-11-13-29(14-12-28)32(30,31)17-21-6-4-5-19(2)15-21/h4-10,15-16H,11-14,17H2,1-3H3,(H,25,26,27). The second-order valence-corrected chi connectivity index (χ2v) is 10.3. The van der Waals surface area contributed by atoms with Crippen molar-refractivity contribution in [2.75, 3.05) is 36.4 Å². The van der Waals surface area contributed by atoms with Gasteiger partial charge in [0.15, 0.2) is 0 Å². The Morgan fingerprint density at radius 3 is 2.28 bits per heavy atom. The molecule has 1 N–H and O–H groups in total. The molecule has 0 unspecified atom stereocenters. The van der Waals surface area contributed by atoms with E-state index in [1.54, 1.807) is 4.31 Å². The molecule has 4 rings (SSSR count). The maximum atomic E-state index is 12.9. The molecular formula is C24H29N5O2S. The van der Waals surface area contributed by atoms with Gasteiger partial charge in [-0.05, 0) is 38.5 Å². The molecule has 0 bridgehead atoms. The zero-order chi connectivity index (χ0) is 22.7. The van der Waals surface area contributed by atoms with E-state index >= 15 is 0 Å². The van der Waals surface area contributed by atoms with Gasteiger partial charge in [0.2, 0.25) is 16.0 Å². The molecule has 0 amide bonds. The number of aromatic nitrogens is 2. The van der Waals surface area contributed by atoms with E-state index < -0.39 is 10.0 Å². The molecule has 7 nitrogen and oxygen atoms in total. The molecule has 2 aromatic carbocycles. The van der Waals surface area contributed by atoms with E-state index in [0.29, 0.717) is 32.1 Å². The number of sulfonamides is 1. The number of hydrogen-bond donors (Lipinski definition) is 1. The van der Waals surface area contributed by atoms with Crippen LogP contribution >= 0.6 is 0 Å². The lowest BCUT2D eigenvalue weighted by Gasteiger charge is -2.34. The van der Waals surface area contributed by atoms with E-state index in [1.165, 1.54) is 5.56 Å². The maximum absolute atomic E-state index is 12.9. The Bertz CT molecular complexity index is 1190. The van der Waals surface area contributed by atoms with Gasteiger partial charge in [0.05, 0.1) is 5.75 Å². The number of aryl methyl sites for hydroxylation is 3. The molecular weight excluding hydrogens is 422 g/mol. The summed E-state index contributed by atoms with van der Waals surface area (Å²) in [6, 6.07) is 17.7. The molecule has 0 spiro atoms. The van der Waals surface area contributed by atoms with Gasteiger partial charge in [0, 0.05) is 43.6 Å². The second kappa shape index (κ2) is 9.26. The summed E-state index contributed by atoms with van der Waals surface area (Å²) < 4.78 is 27.4. The molecule has 2 heterocycles. The highest BCUT2D eigenvalue weighted by molar-refractivity contribution is 7.88. The third-order valence-electron chi connectivity index (χ3n) is 5.51. The van der Waals surface area contributed by atoms with Gasteiger partial charge in [-0.2, -0.15) is 9.29 Å². The predicted octanol–water partition coefficient (Wildman–Crippen LogP) is 3.80. The summed E-state index contributed by atoms with van der Waals surface area (Å²) in [6.07, 6.45) is 0. The summed E-state index contributed by atoms with van der Waals surface area (Å²) in [5.74, 6) is 1.38. The van der Waals surface area contributed by atoms with Crippen LogP contribution in [0.4, 0.5) is 17.5 Å². The highest BCUT2D eigenvalue weighted by Crippen LogP contribution is 2.21. The molecule has 1 aromatic heterocycles. The van der Waals surface area contributed by atoms with Gasteiger partial charge in [0.1, 0.15) is 5.82 Å². The van der Waals surface area contributed by atoms with Crippen LogP contribution in [0.15, 0.2) is 54.6 Å². The van der Waals surface area contributed by atoms with Crippen molar-refractivity contribution >= 4 is 27.5 Å². The van der Waals surface area contributed by atoms with Crippen molar-refractivity contribution in [2.45, 2.75) is 26.5 Å². The molecule has 0 saturated carbocycles. The normalized spacial score (nSPS) is 15.0. The van der Waals surface area contributed by atoms with E-state index in [9.17, 15) is 8.42 Å². The fourth-order valence-corrected chi connectivity index (χ4v) is 5.32. The van der Waals surface area contributed by atoms with Gasteiger partial charge in [-0.3, -0.25) is 0 Å². The summed E-state index contributed by atoms with van der Waals surface area (Å²) in [5.41, 5.74) is 4.91. The number of hydrogen-bond acceptors (Lipinski definition) is 6. The van der Waals surface area contributed by atoms with E-state index in [1.807, 2.05) is 73.3 Å². The van der Waals surface area contributed by atoms with E-state index in [0.717, 1.165) is 28.3 Å². The van der Waals surface area contributed by atoms with Crippen LogP contribution in [0.25, 0.3) is 0 Å². The van der Waals surface area contributed by atoms with Crippen LogP contribution in [0.3, 0.4) is 0 Å². The van der Waals surface area contributed by atoms with Crippen LogP contribution in [0.2, 0.25) is 0 Å². The van der Waals surface area contributed by atoms with Crippen LogP contribution in [0, 0.1) is 20.8 Å².